The molecule has 4 saturated carbocycles. The van der Waals surface area contributed by atoms with Crippen LogP contribution in [0.15, 0.2) is 35.5 Å². The number of likely N-dealkylation sites (tertiary alicyclic amines) is 2. The number of carbonyl (C=O) groups is 4. The highest BCUT2D eigenvalue weighted by Crippen LogP contribution is 2.58. The van der Waals surface area contributed by atoms with Crippen LogP contribution in [0.2, 0.25) is 0 Å². The summed E-state index contributed by atoms with van der Waals surface area (Å²) in [5, 5.41) is 9.10. The third-order valence-electron chi connectivity index (χ3n) is 14.3. The van der Waals surface area contributed by atoms with Crippen LogP contribution in [0.3, 0.4) is 0 Å². The van der Waals surface area contributed by atoms with Gasteiger partial charge < -0.3 is 40.2 Å². The number of ether oxygens (including phenoxy) is 2. The number of aromatic amines is 1. The number of benzene rings is 1. The predicted octanol–water partition coefficient (Wildman–Crippen LogP) is 5.31. The molecule has 14 nitrogen and oxygen atoms in total. The molecule has 9 rings (SSSR count). The van der Waals surface area contributed by atoms with Crippen LogP contribution in [-0.4, -0.2) is 102 Å². The summed E-state index contributed by atoms with van der Waals surface area (Å²) in [6.07, 6.45) is 15.1. The van der Waals surface area contributed by atoms with Crippen LogP contribution in [0.1, 0.15) is 132 Å². The van der Waals surface area contributed by atoms with Gasteiger partial charge in [-0.2, -0.15) is 0 Å². The molecule has 2 bridgehead atoms. The Kier molecular flexibility index (Phi) is 10.7. The lowest BCUT2D eigenvalue weighted by Gasteiger charge is -2.53. The minimum Gasteiger partial charge on any atom is -0.453 e. The van der Waals surface area contributed by atoms with Gasteiger partial charge in [0.15, 0.2) is 0 Å². The van der Waals surface area contributed by atoms with E-state index in [1.165, 1.54) is 31.0 Å². The molecule has 2 aromatic rings. The monoisotopic (exact) mass is 770 g/mol. The first-order valence-corrected chi connectivity index (χ1v) is 20.9. The first kappa shape index (κ1) is 38.3. The van der Waals surface area contributed by atoms with Crippen molar-refractivity contribution in [1.29, 1.82) is 0 Å². The van der Waals surface area contributed by atoms with Gasteiger partial charge in [-0.15, -0.1) is 0 Å². The van der Waals surface area contributed by atoms with Gasteiger partial charge >= 0.3 is 12.2 Å². The second-order valence-corrected chi connectivity index (χ2v) is 17.2. The molecule has 56 heavy (non-hydrogen) atoms. The van der Waals surface area contributed by atoms with Crippen LogP contribution in [0.5, 0.6) is 0 Å². The topological polar surface area (TPSA) is 170 Å². The van der Waals surface area contributed by atoms with Gasteiger partial charge in [-0.1, -0.05) is 37.1 Å². The number of amides is 4. The molecule has 1 aromatic carbocycles. The maximum atomic E-state index is 14.0. The average molecular weight is 771 g/mol. The molecule has 4 aliphatic carbocycles. The molecule has 4 heterocycles. The van der Waals surface area contributed by atoms with E-state index < -0.39 is 24.3 Å². The van der Waals surface area contributed by atoms with Crippen molar-refractivity contribution < 1.29 is 28.7 Å². The van der Waals surface area contributed by atoms with E-state index >= 15 is 0 Å². The summed E-state index contributed by atoms with van der Waals surface area (Å²) in [4.78, 5) is 68.4. The number of hydrogen-bond acceptors (Lipinski definition) is 9. The Hall–Kier alpha value is -4.62. The summed E-state index contributed by atoms with van der Waals surface area (Å²) in [5.74, 6) is 1.71. The molecule has 2 saturated heterocycles. The smallest absolute Gasteiger partial charge is 0.407 e. The highest BCUT2D eigenvalue weighted by atomic mass is 16.5. The van der Waals surface area contributed by atoms with Crippen LogP contribution in [0.4, 0.5) is 9.59 Å². The molecule has 302 valence electrons. The minimum absolute atomic E-state index is 0.0165. The molecular formula is C42H58N8O6. The maximum absolute atomic E-state index is 14.0. The molecule has 0 spiro atoms. The van der Waals surface area contributed by atoms with Crippen molar-refractivity contribution in [2.75, 3.05) is 33.9 Å². The second kappa shape index (κ2) is 15.7. The number of H-pyrrole nitrogens is 1. The average Bonchev–Trinajstić information content (AvgIpc) is 4.09. The summed E-state index contributed by atoms with van der Waals surface area (Å²) in [6, 6.07) is 7.75. The lowest BCUT2D eigenvalue weighted by molar-refractivity contribution is -0.136. The molecule has 6 fully saturated rings. The van der Waals surface area contributed by atoms with E-state index in [0.29, 0.717) is 19.6 Å². The van der Waals surface area contributed by atoms with Crippen LogP contribution in [0, 0.1) is 5.92 Å². The summed E-state index contributed by atoms with van der Waals surface area (Å²) < 4.78 is 9.58. The Morgan fingerprint density at radius 2 is 1.39 bits per heavy atom. The molecular weight excluding hydrogens is 713 g/mol. The summed E-state index contributed by atoms with van der Waals surface area (Å²) >= 11 is 0. The number of alkyl carbamates (subject to hydrolysis) is 2. The fourth-order valence-corrected chi connectivity index (χ4v) is 10.9. The largest absolute Gasteiger partial charge is 0.453 e. The Bertz CT molecular complexity index is 1800. The van der Waals surface area contributed by atoms with E-state index in [4.69, 9.17) is 14.7 Å². The summed E-state index contributed by atoms with van der Waals surface area (Å²) in [6.45, 7) is 3.62. The SMILES string of the molecule is COC(=O)NC(C)C(=O)N1CCCC1C1=NCC(c2ccc(C34CCC(c5cnc(C6CCCN6C(=O)C(NC(=O)OC)C6CCCC6)[nH]5)(CC3)CC4)cc2)N1. The van der Waals surface area contributed by atoms with E-state index in [9.17, 15) is 19.2 Å². The van der Waals surface area contributed by atoms with Crippen molar-refractivity contribution in [3.05, 3.63) is 53.1 Å². The predicted molar refractivity (Wildman–Crippen MR) is 209 cm³/mol. The number of carbonyl (C=O) groups excluding carboxylic acids is 4. The number of methoxy groups -OCH3 is 2. The van der Waals surface area contributed by atoms with E-state index in [1.807, 2.05) is 16.0 Å². The van der Waals surface area contributed by atoms with E-state index in [1.54, 1.807) is 6.92 Å². The standard InChI is InChI=1S/C42H58N8O6/c1-26(45-39(53)55-2)37(51)49-22-6-10-31(49)35-43-24-30(46-35)27-12-14-29(15-13-27)41-16-19-42(20-17-41,21-18-41)33-25-44-36(47-33)32-11-7-23-50(32)38(52)34(48-40(54)56-3)28-8-4-5-9-28/h12-15,25-26,28,30-32,34H,4-11,16-24H2,1-3H3,(H,43,46)(H,44,47)(H,45,53)(H,48,54). The fourth-order valence-electron chi connectivity index (χ4n) is 10.9. The maximum Gasteiger partial charge on any atom is 0.407 e. The first-order chi connectivity index (χ1) is 27.1. The van der Waals surface area contributed by atoms with Gasteiger partial charge in [0.05, 0.1) is 38.9 Å². The van der Waals surface area contributed by atoms with Gasteiger partial charge in [-0.3, -0.25) is 14.6 Å². The lowest BCUT2D eigenvalue weighted by atomic mass is 9.51. The molecule has 3 aliphatic heterocycles. The second-order valence-electron chi connectivity index (χ2n) is 17.2. The normalized spacial score (nSPS) is 29.8. The van der Waals surface area contributed by atoms with Crippen molar-refractivity contribution in [2.24, 2.45) is 10.9 Å². The Labute approximate surface area is 329 Å². The number of imidazole rings is 1. The zero-order chi connectivity index (χ0) is 39.0. The van der Waals surface area contributed by atoms with Crippen molar-refractivity contribution in [1.82, 2.24) is 35.7 Å². The number of nitrogens with one attached hydrogen (secondary N) is 4. The summed E-state index contributed by atoms with van der Waals surface area (Å²) in [5.41, 5.74) is 4.06. The van der Waals surface area contributed by atoms with Crippen molar-refractivity contribution in [3.8, 4) is 0 Å². The van der Waals surface area contributed by atoms with Gasteiger partial charge in [-0.05, 0) is 106 Å². The van der Waals surface area contributed by atoms with E-state index in [-0.39, 0.29) is 46.7 Å². The molecule has 0 radical (unpaired) electrons. The van der Waals surface area contributed by atoms with Crippen LogP contribution < -0.4 is 16.0 Å². The van der Waals surface area contributed by atoms with Gasteiger partial charge in [-0.25, -0.2) is 14.6 Å². The number of aliphatic imine (C=N–C) groups is 1. The van der Waals surface area contributed by atoms with Crippen molar-refractivity contribution >= 4 is 29.8 Å². The number of aromatic nitrogens is 2. The zero-order valence-electron chi connectivity index (χ0n) is 33.1. The van der Waals surface area contributed by atoms with Gasteiger partial charge in [0.2, 0.25) is 11.8 Å². The Morgan fingerprint density at radius 1 is 0.786 bits per heavy atom. The highest BCUT2D eigenvalue weighted by molar-refractivity contribution is 5.95. The minimum atomic E-state index is -0.673. The molecule has 4 amide bonds. The first-order valence-electron chi connectivity index (χ1n) is 20.9. The van der Waals surface area contributed by atoms with E-state index in [0.717, 1.165) is 102 Å². The van der Waals surface area contributed by atoms with Gasteiger partial charge in [0.1, 0.15) is 23.7 Å². The highest BCUT2D eigenvalue weighted by Gasteiger charge is 2.51. The Morgan fingerprint density at radius 3 is 2.05 bits per heavy atom. The van der Waals surface area contributed by atoms with Crippen LogP contribution >= 0.6 is 0 Å². The molecule has 14 heteroatoms. The van der Waals surface area contributed by atoms with Gasteiger partial charge in [0, 0.05) is 30.4 Å². The third-order valence-corrected chi connectivity index (χ3v) is 14.3. The zero-order valence-corrected chi connectivity index (χ0v) is 33.1. The number of fused-ring (bicyclic) bond motifs is 3. The van der Waals surface area contributed by atoms with Gasteiger partial charge in [0.25, 0.3) is 0 Å². The third kappa shape index (κ3) is 7.12. The number of hydrogen-bond donors (Lipinski definition) is 4. The van der Waals surface area contributed by atoms with E-state index in [2.05, 4.69) is 49.9 Å². The molecule has 4 N–H and O–H groups in total. The Balaban J connectivity index is 0.880. The molecule has 5 unspecified atom stereocenters. The number of nitrogens with zero attached hydrogens (tertiary/aromatic N) is 4. The lowest BCUT2D eigenvalue weighted by Crippen LogP contribution is -2.52. The van der Waals surface area contributed by atoms with Crippen molar-refractivity contribution in [3.63, 3.8) is 0 Å². The molecule has 5 atom stereocenters. The quantitative estimate of drug-likeness (QED) is 0.252. The van der Waals surface area contributed by atoms with Crippen LogP contribution in [0.25, 0.3) is 0 Å². The number of amidine groups is 1. The van der Waals surface area contributed by atoms with Crippen LogP contribution in [-0.2, 0) is 29.9 Å². The fraction of sp³-hybridized carbons (Fsp3) is 0.667. The summed E-state index contributed by atoms with van der Waals surface area (Å²) in [7, 11) is 2.64. The molecule has 7 aliphatic rings. The molecule has 1 aromatic heterocycles. The van der Waals surface area contributed by atoms with Crippen molar-refractivity contribution in [2.45, 2.75) is 138 Å². The number of rotatable bonds is 10.